The highest BCUT2D eigenvalue weighted by Gasteiger charge is 2.54. The maximum atomic E-state index is 13.7. The number of rotatable bonds is 6. The molecule has 0 spiro atoms. The van der Waals surface area contributed by atoms with E-state index in [0.717, 1.165) is 33.7 Å². The number of piperidine rings is 1. The monoisotopic (exact) mass is 501 g/mol. The second-order valence-corrected chi connectivity index (χ2v) is 10.7. The van der Waals surface area contributed by atoms with Crippen LogP contribution in [-0.4, -0.2) is 41.0 Å². The third-order valence-corrected chi connectivity index (χ3v) is 8.26. The lowest BCUT2D eigenvalue weighted by atomic mass is 10.1. The lowest BCUT2D eigenvalue weighted by Crippen LogP contribution is -2.46. The lowest BCUT2D eigenvalue weighted by Gasteiger charge is -2.27. The molecule has 36 heavy (non-hydrogen) atoms. The summed E-state index contributed by atoms with van der Waals surface area (Å²) in [4.78, 5) is 33.8. The van der Waals surface area contributed by atoms with E-state index in [1.807, 2.05) is 17.9 Å². The number of likely N-dealkylation sites (tertiary alicyclic amines) is 1. The van der Waals surface area contributed by atoms with Gasteiger partial charge in [0.1, 0.15) is 17.0 Å². The van der Waals surface area contributed by atoms with E-state index >= 15 is 0 Å². The van der Waals surface area contributed by atoms with E-state index in [4.69, 9.17) is 9.15 Å². The molecule has 0 unspecified atom stereocenters. The number of nitrogens with zero attached hydrogens (tertiary/aromatic N) is 2. The molecule has 1 saturated carbocycles. The molecule has 0 radical (unpaired) electrons. The first kappa shape index (κ1) is 22.8. The summed E-state index contributed by atoms with van der Waals surface area (Å²) in [6.45, 7) is 5.10. The summed E-state index contributed by atoms with van der Waals surface area (Å²) >= 11 is 1.55. The minimum Gasteiger partial charge on any atom is -0.464 e. The van der Waals surface area contributed by atoms with Gasteiger partial charge in [-0.2, -0.15) is 0 Å². The fraction of sp³-hybridized carbons (Fsp3) is 0.321. The van der Waals surface area contributed by atoms with Crippen LogP contribution >= 0.6 is 11.3 Å². The van der Waals surface area contributed by atoms with E-state index < -0.39 is 6.09 Å². The van der Waals surface area contributed by atoms with Crippen molar-refractivity contribution in [2.45, 2.75) is 32.7 Å². The Morgan fingerprint density at radius 1 is 1.19 bits per heavy atom. The standard InChI is InChI=1S/C28H27N3O4S/c1-3-17-7-9-18(10-8-17)26-25(30-16(2)36-26)27(32)31-15-19-13-21(19)22(31)14-29-28(33)35-24-6-4-5-23-20(24)11-12-34-23/h4-12,19,21-22H,3,13-15H2,1-2H3,(H,29,33)/t19-,21-,22+/m0/s1. The Morgan fingerprint density at radius 3 is 2.83 bits per heavy atom. The van der Waals surface area contributed by atoms with Gasteiger partial charge in [0.15, 0.2) is 0 Å². The summed E-state index contributed by atoms with van der Waals surface area (Å²) in [5.41, 5.74) is 3.43. The predicted molar refractivity (Wildman–Crippen MR) is 138 cm³/mol. The van der Waals surface area contributed by atoms with Crippen molar-refractivity contribution in [1.29, 1.82) is 0 Å². The molecule has 1 N–H and O–H groups in total. The molecule has 1 aliphatic heterocycles. The van der Waals surface area contributed by atoms with Crippen LogP contribution in [0, 0.1) is 18.8 Å². The fourth-order valence-corrected chi connectivity index (χ4v) is 6.16. The van der Waals surface area contributed by atoms with E-state index in [0.29, 0.717) is 42.0 Å². The molecular formula is C28H27N3O4S. The zero-order chi connectivity index (χ0) is 24.8. The summed E-state index contributed by atoms with van der Waals surface area (Å²) in [5, 5.41) is 4.49. The van der Waals surface area contributed by atoms with Gasteiger partial charge < -0.3 is 19.4 Å². The number of aryl methyl sites for hydroxylation is 2. The quantitative estimate of drug-likeness (QED) is 0.368. The number of nitrogens with one attached hydrogen (secondary N) is 1. The first-order chi connectivity index (χ1) is 17.5. The third kappa shape index (κ3) is 4.15. The summed E-state index contributed by atoms with van der Waals surface area (Å²) in [6.07, 6.45) is 3.08. The van der Waals surface area contributed by atoms with Crippen molar-refractivity contribution in [2.24, 2.45) is 11.8 Å². The van der Waals surface area contributed by atoms with Crippen molar-refractivity contribution >= 4 is 34.3 Å². The van der Waals surface area contributed by atoms with Gasteiger partial charge in [-0.1, -0.05) is 37.3 Å². The molecule has 2 aromatic carbocycles. The average molecular weight is 502 g/mol. The van der Waals surface area contributed by atoms with E-state index in [1.165, 1.54) is 5.56 Å². The summed E-state index contributed by atoms with van der Waals surface area (Å²) in [7, 11) is 0. The Balaban J connectivity index is 1.17. The van der Waals surface area contributed by atoms with Gasteiger partial charge in [-0.25, -0.2) is 9.78 Å². The number of fused-ring (bicyclic) bond motifs is 2. The number of hydrogen-bond acceptors (Lipinski definition) is 6. The minimum atomic E-state index is -0.540. The minimum absolute atomic E-state index is 0.0653. The Morgan fingerprint density at radius 2 is 2.03 bits per heavy atom. The maximum Gasteiger partial charge on any atom is 0.412 e. The molecule has 4 aromatic rings. The molecule has 3 atom stereocenters. The van der Waals surface area contributed by atoms with E-state index in [-0.39, 0.29) is 11.9 Å². The van der Waals surface area contributed by atoms with E-state index in [2.05, 4.69) is 41.5 Å². The summed E-state index contributed by atoms with van der Waals surface area (Å²) in [6, 6.07) is 15.4. The number of carbonyl (C=O) groups is 2. The highest BCUT2D eigenvalue weighted by molar-refractivity contribution is 7.15. The smallest absolute Gasteiger partial charge is 0.412 e. The molecule has 6 rings (SSSR count). The SMILES string of the molecule is CCc1ccc(-c2sc(C)nc2C(=O)N2C[C@@H]3C[C@@H]3[C@H]2CNC(=O)Oc2cccc3occc23)cc1. The van der Waals surface area contributed by atoms with Crippen molar-refractivity contribution in [1.82, 2.24) is 15.2 Å². The molecule has 0 bridgehead atoms. The largest absolute Gasteiger partial charge is 0.464 e. The normalized spacial score (nSPS) is 20.4. The average Bonchev–Trinajstić information content (AvgIpc) is 3.22. The summed E-state index contributed by atoms with van der Waals surface area (Å²) in [5.74, 6) is 1.27. The second-order valence-electron chi connectivity index (χ2n) is 9.50. The van der Waals surface area contributed by atoms with Crippen LogP contribution in [0.5, 0.6) is 5.75 Å². The Labute approximate surface area is 213 Å². The first-order valence-corrected chi connectivity index (χ1v) is 13.1. The molecule has 184 valence electrons. The third-order valence-electron chi connectivity index (χ3n) is 7.24. The molecule has 2 amide bonds. The number of ether oxygens (including phenoxy) is 1. The Kier molecular flexibility index (Phi) is 5.76. The van der Waals surface area contributed by atoms with Gasteiger partial charge in [0.2, 0.25) is 0 Å². The van der Waals surface area contributed by atoms with Gasteiger partial charge in [0.05, 0.1) is 27.6 Å². The van der Waals surface area contributed by atoms with Crippen LogP contribution in [0.25, 0.3) is 21.4 Å². The van der Waals surface area contributed by atoms with Crippen LogP contribution in [0.2, 0.25) is 0 Å². The number of amides is 2. The number of aromatic nitrogens is 1. The molecule has 2 aliphatic rings. The van der Waals surface area contributed by atoms with Crippen LogP contribution in [0.1, 0.15) is 34.4 Å². The van der Waals surface area contributed by atoms with Crippen molar-refractivity contribution < 1.29 is 18.7 Å². The number of benzene rings is 2. The maximum absolute atomic E-state index is 13.7. The van der Waals surface area contributed by atoms with Gasteiger partial charge >= 0.3 is 6.09 Å². The lowest BCUT2D eigenvalue weighted by molar-refractivity contribution is 0.0700. The molecule has 7 nitrogen and oxygen atoms in total. The Bertz CT molecular complexity index is 1440. The van der Waals surface area contributed by atoms with Gasteiger partial charge in [-0.3, -0.25) is 4.79 Å². The molecule has 1 aliphatic carbocycles. The van der Waals surface area contributed by atoms with E-state index in [9.17, 15) is 9.59 Å². The number of furan rings is 1. The second kappa shape index (κ2) is 9.09. The predicted octanol–water partition coefficient (Wildman–Crippen LogP) is 5.68. The molecule has 1 saturated heterocycles. The molecule has 2 aromatic heterocycles. The van der Waals surface area contributed by atoms with Gasteiger partial charge in [-0.05, 0) is 60.9 Å². The van der Waals surface area contributed by atoms with E-state index in [1.54, 1.807) is 35.8 Å². The van der Waals surface area contributed by atoms with Crippen molar-refractivity contribution in [3.8, 4) is 16.2 Å². The number of carbonyl (C=O) groups excluding carboxylic acids is 2. The van der Waals surface area contributed by atoms with Gasteiger partial charge in [0, 0.05) is 13.1 Å². The van der Waals surface area contributed by atoms with Crippen LogP contribution in [0.15, 0.2) is 59.2 Å². The molecule has 2 fully saturated rings. The van der Waals surface area contributed by atoms with Crippen LogP contribution < -0.4 is 10.1 Å². The fourth-order valence-electron chi connectivity index (χ4n) is 5.24. The molecule has 3 heterocycles. The van der Waals surface area contributed by atoms with Gasteiger partial charge in [-0.15, -0.1) is 11.3 Å². The number of hydrogen-bond donors (Lipinski definition) is 1. The highest BCUT2D eigenvalue weighted by atomic mass is 32.1. The van der Waals surface area contributed by atoms with Crippen molar-refractivity contribution in [3.63, 3.8) is 0 Å². The van der Waals surface area contributed by atoms with Gasteiger partial charge in [0.25, 0.3) is 5.91 Å². The first-order valence-electron chi connectivity index (χ1n) is 12.3. The summed E-state index contributed by atoms with van der Waals surface area (Å²) < 4.78 is 10.9. The van der Waals surface area contributed by atoms with Crippen LogP contribution in [0.3, 0.4) is 0 Å². The molecule has 8 heteroatoms. The van der Waals surface area contributed by atoms with Crippen molar-refractivity contribution in [2.75, 3.05) is 13.1 Å². The Hall–Kier alpha value is -3.65. The van der Waals surface area contributed by atoms with Crippen LogP contribution in [-0.2, 0) is 6.42 Å². The highest BCUT2D eigenvalue weighted by Crippen LogP contribution is 2.50. The topological polar surface area (TPSA) is 84.7 Å². The zero-order valence-corrected chi connectivity index (χ0v) is 21.0. The molecular weight excluding hydrogens is 474 g/mol. The zero-order valence-electron chi connectivity index (χ0n) is 20.2. The van der Waals surface area contributed by atoms with Crippen LogP contribution in [0.4, 0.5) is 4.79 Å². The van der Waals surface area contributed by atoms with Crippen molar-refractivity contribution in [3.05, 3.63) is 71.1 Å². The number of thiazole rings is 1.